The molecule has 10 heteroatoms. The largest absolute Gasteiger partial charge is 0.494 e. The SMILES string of the molecule is COc1cc(N2CCC(C)CC2)ccc1Nc1ncc2c(n1)N(Cc1ccccc1)C(=O)C(c1c(Cl)cccc1Cl)O2. The molecule has 0 aliphatic carbocycles. The highest BCUT2D eigenvalue weighted by molar-refractivity contribution is 6.36. The standard InChI is InChI=1S/C32H31Cl2N5O3/c1-20-13-15-38(16-14-20)22-11-12-25(26(17-22)41-2)36-32-35-18-27-30(37-32)39(19-21-7-4-3-5-8-21)31(40)29(42-27)28-23(33)9-6-10-24(28)34/h3-12,17-18,20,29H,13-16,19H2,1-2H3,(H,35,36,37). The Kier molecular flexibility index (Phi) is 8.09. The molecule has 3 heterocycles. The average Bonchev–Trinajstić information content (AvgIpc) is 3.00. The fraction of sp³-hybridized carbons (Fsp3) is 0.281. The summed E-state index contributed by atoms with van der Waals surface area (Å²) in [7, 11) is 1.64. The second-order valence-corrected chi connectivity index (χ2v) is 11.4. The predicted octanol–water partition coefficient (Wildman–Crippen LogP) is 7.44. The van der Waals surface area contributed by atoms with Gasteiger partial charge in [-0.25, -0.2) is 4.98 Å². The van der Waals surface area contributed by atoms with Crippen LogP contribution in [0.25, 0.3) is 0 Å². The van der Waals surface area contributed by atoms with Gasteiger partial charge in [-0.1, -0.05) is 66.5 Å². The molecule has 2 aliphatic rings. The monoisotopic (exact) mass is 603 g/mol. The Balaban J connectivity index is 1.32. The number of carbonyl (C=O) groups is 1. The van der Waals surface area contributed by atoms with Gasteiger partial charge >= 0.3 is 0 Å². The zero-order valence-electron chi connectivity index (χ0n) is 23.4. The van der Waals surface area contributed by atoms with Crippen LogP contribution in [-0.2, 0) is 11.3 Å². The number of fused-ring (bicyclic) bond motifs is 1. The number of methoxy groups -OCH3 is 1. The first kappa shape index (κ1) is 28.1. The molecule has 6 rings (SSSR count). The van der Waals surface area contributed by atoms with E-state index < -0.39 is 6.10 Å². The number of benzene rings is 3. The molecule has 1 amide bonds. The summed E-state index contributed by atoms with van der Waals surface area (Å²) < 4.78 is 11.9. The molecule has 1 aromatic heterocycles. The van der Waals surface area contributed by atoms with Gasteiger partial charge in [0.15, 0.2) is 11.6 Å². The number of hydrogen-bond donors (Lipinski definition) is 1. The first-order chi connectivity index (χ1) is 20.4. The van der Waals surface area contributed by atoms with Crippen molar-refractivity contribution in [3.05, 3.63) is 94.1 Å². The third-order valence-corrected chi connectivity index (χ3v) is 8.41. The first-order valence-corrected chi connectivity index (χ1v) is 14.7. The van der Waals surface area contributed by atoms with Crippen molar-refractivity contribution in [2.45, 2.75) is 32.4 Å². The first-order valence-electron chi connectivity index (χ1n) is 13.9. The third-order valence-electron chi connectivity index (χ3n) is 7.75. The van der Waals surface area contributed by atoms with Crippen molar-refractivity contribution in [3.63, 3.8) is 0 Å². The number of halogens is 2. The highest BCUT2D eigenvalue weighted by Crippen LogP contribution is 2.43. The summed E-state index contributed by atoms with van der Waals surface area (Å²) in [5, 5.41) is 3.96. The average molecular weight is 605 g/mol. The lowest BCUT2D eigenvalue weighted by molar-refractivity contribution is -0.126. The Bertz CT molecular complexity index is 1570. The van der Waals surface area contributed by atoms with Crippen molar-refractivity contribution in [2.75, 3.05) is 35.3 Å². The van der Waals surface area contributed by atoms with Crippen LogP contribution in [0.15, 0.2) is 72.9 Å². The van der Waals surface area contributed by atoms with E-state index in [0.29, 0.717) is 44.6 Å². The minimum Gasteiger partial charge on any atom is -0.494 e. The molecule has 1 saturated heterocycles. The second kappa shape index (κ2) is 12.1. The maximum atomic E-state index is 14.0. The van der Waals surface area contributed by atoms with Crippen molar-refractivity contribution in [3.8, 4) is 11.5 Å². The Hall–Kier alpha value is -4.01. The molecule has 0 bridgehead atoms. The van der Waals surface area contributed by atoms with Crippen LogP contribution in [0.1, 0.15) is 37.0 Å². The second-order valence-electron chi connectivity index (χ2n) is 10.6. The van der Waals surface area contributed by atoms with Gasteiger partial charge in [0.2, 0.25) is 12.1 Å². The molecule has 0 radical (unpaired) electrons. The summed E-state index contributed by atoms with van der Waals surface area (Å²) in [6, 6.07) is 20.9. The van der Waals surface area contributed by atoms with E-state index in [0.717, 1.165) is 30.3 Å². The van der Waals surface area contributed by atoms with E-state index in [2.05, 4.69) is 28.2 Å². The van der Waals surface area contributed by atoms with E-state index in [1.165, 1.54) is 12.8 Å². The predicted molar refractivity (Wildman–Crippen MR) is 166 cm³/mol. The highest BCUT2D eigenvalue weighted by atomic mass is 35.5. The number of piperidine rings is 1. The lowest BCUT2D eigenvalue weighted by atomic mass is 9.99. The van der Waals surface area contributed by atoms with E-state index in [4.69, 9.17) is 37.7 Å². The van der Waals surface area contributed by atoms with Gasteiger partial charge in [0, 0.05) is 40.5 Å². The van der Waals surface area contributed by atoms with Crippen LogP contribution in [0.3, 0.4) is 0 Å². The number of aromatic nitrogens is 2. The molecule has 4 aromatic rings. The quantitative estimate of drug-likeness (QED) is 0.235. The Morgan fingerprint density at radius 3 is 2.48 bits per heavy atom. The summed E-state index contributed by atoms with van der Waals surface area (Å²) in [5.74, 6) is 2.09. The van der Waals surface area contributed by atoms with Crippen molar-refractivity contribution in [1.29, 1.82) is 0 Å². The van der Waals surface area contributed by atoms with E-state index in [1.54, 1.807) is 36.4 Å². The van der Waals surface area contributed by atoms with E-state index in [9.17, 15) is 4.79 Å². The van der Waals surface area contributed by atoms with Gasteiger partial charge in [0.25, 0.3) is 5.91 Å². The molecule has 2 aliphatic heterocycles. The summed E-state index contributed by atoms with van der Waals surface area (Å²) in [6.45, 7) is 4.63. The molecule has 1 N–H and O–H groups in total. The summed E-state index contributed by atoms with van der Waals surface area (Å²) >= 11 is 13.0. The maximum Gasteiger partial charge on any atom is 0.274 e. The lowest BCUT2D eigenvalue weighted by Crippen LogP contribution is -2.41. The number of ether oxygens (including phenoxy) is 2. The zero-order valence-corrected chi connectivity index (χ0v) is 24.9. The van der Waals surface area contributed by atoms with Gasteiger partial charge in [-0.2, -0.15) is 4.98 Å². The van der Waals surface area contributed by atoms with Crippen LogP contribution in [0.2, 0.25) is 10.0 Å². The van der Waals surface area contributed by atoms with E-state index in [1.807, 2.05) is 42.5 Å². The third kappa shape index (κ3) is 5.69. The number of amides is 1. The minimum absolute atomic E-state index is 0.275. The molecule has 42 heavy (non-hydrogen) atoms. The molecule has 0 saturated carbocycles. The smallest absolute Gasteiger partial charge is 0.274 e. The molecular formula is C32H31Cl2N5O3. The van der Waals surface area contributed by atoms with Crippen molar-refractivity contribution in [1.82, 2.24) is 9.97 Å². The van der Waals surface area contributed by atoms with Crippen molar-refractivity contribution < 1.29 is 14.3 Å². The number of anilines is 4. The summed E-state index contributed by atoms with van der Waals surface area (Å²) in [4.78, 5) is 27.2. The number of nitrogens with one attached hydrogen (secondary N) is 1. The van der Waals surface area contributed by atoms with Gasteiger partial charge in [0.05, 0.1) is 25.5 Å². The van der Waals surface area contributed by atoms with E-state index in [-0.39, 0.29) is 12.5 Å². The molecular weight excluding hydrogens is 573 g/mol. The molecule has 1 unspecified atom stereocenters. The fourth-order valence-electron chi connectivity index (χ4n) is 5.35. The molecule has 8 nitrogen and oxygen atoms in total. The van der Waals surface area contributed by atoms with Crippen LogP contribution >= 0.6 is 23.2 Å². The molecule has 3 aromatic carbocycles. The molecule has 1 fully saturated rings. The van der Waals surface area contributed by atoms with Gasteiger partial charge in [0.1, 0.15) is 5.75 Å². The minimum atomic E-state index is -1.05. The van der Waals surface area contributed by atoms with Gasteiger partial charge in [-0.05, 0) is 48.6 Å². The Labute approximate surface area is 255 Å². The van der Waals surface area contributed by atoms with Crippen molar-refractivity contribution in [2.24, 2.45) is 5.92 Å². The lowest BCUT2D eigenvalue weighted by Gasteiger charge is -2.34. The van der Waals surface area contributed by atoms with Crippen LogP contribution in [0.5, 0.6) is 11.5 Å². The van der Waals surface area contributed by atoms with Gasteiger partial charge < -0.3 is 19.7 Å². The fourth-order valence-corrected chi connectivity index (χ4v) is 5.95. The normalized spacial score (nSPS) is 17.0. The van der Waals surface area contributed by atoms with Crippen LogP contribution in [0, 0.1) is 5.92 Å². The molecule has 216 valence electrons. The number of nitrogens with zero attached hydrogens (tertiary/aromatic N) is 4. The summed E-state index contributed by atoms with van der Waals surface area (Å²) in [5.41, 5.74) is 3.17. The van der Waals surface area contributed by atoms with Gasteiger partial charge in [-0.15, -0.1) is 0 Å². The van der Waals surface area contributed by atoms with Crippen LogP contribution < -0.4 is 24.6 Å². The number of rotatable bonds is 7. The Morgan fingerprint density at radius 1 is 1.02 bits per heavy atom. The summed E-state index contributed by atoms with van der Waals surface area (Å²) in [6.07, 6.45) is 2.86. The van der Waals surface area contributed by atoms with E-state index >= 15 is 0 Å². The maximum absolute atomic E-state index is 14.0. The number of carbonyl (C=O) groups excluding carboxylic acids is 1. The highest BCUT2D eigenvalue weighted by Gasteiger charge is 2.39. The zero-order chi connectivity index (χ0) is 29.2. The number of hydrogen-bond acceptors (Lipinski definition) is 7. The molecule has 0 spiro atoms. The molecule has 1 atom stereocenters. The van der Waals surface area contributed by atoms with Crippen molar-refractivity contribution >= 4 is 52.3 Å². The van der Waals surface area contributed by atoms with Gasteiger partial charge in [-0.3, -0.25) is 9.69 Å². The topological polar surface area (TPSA) is 79.8 Å². The van der Waals surface area contributed by atoms with Crippen LogP contribution in [-0.4, -0.2) is 36.1 Å². The van der Waals surface area contributed by atoms with Crippen LogP contribution in [0.4, 0.5) is 23.1 Å². The Morgan fingerprint density at radius 2 is 1.76 bits per heavy atom.